The summed E-state index contributed by atoms with van der Waals surface area (Å²) in [6.07, 6.45) is -4.21. The number of hydrogen-bond donors (Lipinski definition) is 2. The number of carbonyl (C=O) groups excluding carboxylic acids is 1. The Morgan fingerprint density at radius 1 is 1.36 bits per heavy atom. The number of halogens is 4. The number of carbonyl (C=O) groups is 2. The summed E-state index contributed by atoms with van der Waals surface area (Å²) in [6.45, 7) is 4.02. The Kier molecular flexibility index (Phi) is 5.04. The molecule has 0 spiro atoms. The predicted octanol–water partition coefficient (Wildman–Crippen LogP) is 2.76. The molecule has 0 bridgehead atoms. The first-order valence-electron chi connectivity index (χ1n) is 6.58. The van der Waals surface area contributed by atoms with Crippen molar-refractivity contribution in [2.24, 2.45) is 5.92 Å². The Hall–Kier alpha value is -1.86. The molecular weight excluding hydrogens is 306 g/mol. The average Bonchev–Trinajstić information content (AvgIpc) is 2.32. The van der Waals surface area contributed by atoms with Gasteiger partial charge >= 0.3 is 12.1 Å². The second-order valence-electron chi connectivity index (χ2n) is 5.65. The number of amides is 1. The van der Waals surface area contributed by atoms with Crippen LogP contribution in [0.1, 0.15) is 27.2 Å². The van der Waals surface area contributed by atoms with Crippen LogP contribution in [0.15, 0.2) is 23.3 Å². The molecule has 1 rings (SSSR count). The molecule has 2 N–H and O–H groups in total. The largest absolute Gasteiger partial charge is 0.480 e. The van der Waals surface area contributed by atoms with Gasteiger partial charge < -0.3 is 10.4 Å². The second-order valence-corrected chi connectivity index (χ2v) is 5.65. The van der Waals surface area contributed by atoms with E-state index in [0.717, 1.165) is 6.92 Å². The van der Waals surface area contributed by atoms with Crippen LogP contribution >= 0.6 is 0 Å². The van der Waals surface area contributed by atoms with Crippen molar-refractivity contribution in [3.63, 3.8) is 0 Å². The van der Waals surface area contributed by atoms with Crippen molar-refractivity contribution in [1.29, 1.82) is 0 Å². The van der Waals surface area contributed by atoms with E-state index in [2.05, 4.69) is 5.32 Å². The van der Waals surface area contributed by atoms with Crippen molar-refractivity contribution in [3.8, 4) is 0 Å². The van der Waals surface area contributed by atoms with Crippen LogP contribution in [0.3, 0.4) is 0 Å². The molecule has 0 aromatic rings. The minimum atomic E-state index is -4.70. The summed E-state index contributed by atoms with van der Waals surface area (Å²) in [6, 6.07) is -1.32. The maximum atomic E-state index is 14.3. The van der Waals surface area contributed by atoms with Gasteiger partial charge in [0.25, 0.3) is 5.91 Å². The van der Waals surface area contributed by atoms with E-state index in [-0.39, 0.29) is 0 Å². The van der Waals surface area contributed by atoms with E-state index in [4.69, 9.17) is 5.11 Å². The van der Waals surface area contributed by atoms with Crippen LogP contribution < -0.4 is 5.32 Å². The fourth-order valence-electron chi connectivity index (χ4n) is 2.01. The monoisotopic (exact) mass is 323 g/mol. The van der Waals surface area contributed by atoms with Gasteiger partial charge in [-0.15, -0.1) is 0 Å². The number of aliphatic carboxylic acids is 1. The molecule has 0 aromatic carbocycles. The number of allylic oxidation sites excluding steroid dienone is 3. The summed E-state index contributed by atoms with van der Waals surface area (Å²) in [5.41, 5.74) is -4.14. The quantitative estimate of drug-likeness (QED) is 0.782. The lowest BCUT2D eigenvalue weighted by Crippen LogP contribution is -2.47. The zero-order chi connectivity index (χ0) is 17.3. The van der Waals surface area contributed by atoms with Gasteiger partial charge in [-0.3, -0.25) is 4.79 Å². The van der Waals surface area contributed by atoms with Crippen LogP contribution in [0.4, 0.5) is 17.6 Å². The summed E-state index contributed by atoms with van der Waals surface area (Å²) in [5, 5.41) is 11.1. The number of alkyl halides is 4. The van der Waals surface area contributed by atoms with Gasteiger partial charge in [0.1, 0.15) is 11.7 Å². The first kappa shape index (κ1) is 18.2. The predicted molar refractivity (Wildman–Crippen MR) is 70.8 cm³/mol. The summed E-state index contributed by atoms with van der Waals surface area (Å²) < 4.78 is 52.4. The molecule has 4 nitrogen and oxygen atoms in total. The van der Waals surface area contributed by atoms with Gasteiger partial charge in [0.05, 0.1) is 11.1 Å². The van der Waals surface area contributed by atoms with Crippen LogP contribution in [0, 0.1) is 5.92 Å². The highest BCUT2D eigenvalue weighted by Crippen LogP contribution is 2.37. The topological polar surface area (TPSA) is 66.4 Å². The molecule has 0 heterocycles. The van der Waals surface area contributed by atoms with Crippen molar-refractivity contribution in [1.82, 2.24) is 5.32 Å². The zero-order valence-electron chi connectivity index (χ0n) is 12.3. The van der Waals surface area contributed by atoms with Crippen molar-refractivity contribution < 1.29 is 32.3 Å². The highest BCUT2D eigenvalue weighted by atomic mass is 19.4. The molecule has 22 heavy (non-hydrogen) atoms. The van der Waals surface area contributed by atoms with Gasteiger partial charge in [0.2, 0.25) is 0 Å². The van der Waals surface area contributed by atoms with Crippen molar-refractivity contribution in [2.45, 2.75) is 45.1 Å². The number of carboxylic acid groups (broad SMARTS) is 1. The lowest BCUT2D eigenvalue weighted by atomic mass is 9.86. The third-order valence-corrected chi connectivity index (χ3v) is 3.36. The third kappa shape index (κ3) is 4.08. The zero-order valence-corrected chi connectivity index (χ0v) is 12.3. The van der Waals surface area contributed by atoms with Gasteiger partial charge in [-0.05, 0) is 18.9 Å². The van der Waals surface area contributed by atoms with Crippen LogP contribution in [0.25, 0.3) is 0 Å². The molecule has 2 atom stereocenters. The molecule has 1 amide bonds. The van der Waals surface area contributed by atoms with E-state index < -0.39 is 53.2 Å². The van der Waals surface area contributed by atoms with E-state index in [0.29, 0.717) is 12.2 Å². The minimum Gasteiger partial charge on any atom is -0.480 e. The first-order chi connectivity index (χ1) is 9.86. The van der Waals surface area contributed by atoms with E-state index in [1.165, 1.54) is 13.8 Å². The maximum Gasteiger partial charge on any atom is 0.416 e. The van der Waals surface area contributed by atoms with Crippen LogP contribution in [-0.2, 0) is 9.59 Å². The SMILES string of the molecule is CC(C)[C@@H](NC(=O)C1=CC(C(F)(F)F)=CCC1(C)F)C(=O)O. The van der Waals surface area contributed by atoms with E-state index in [1.54, 1.807) is 0 Å². The number of nitrogens with one attached hydrogen (secondary N) is 1. The third-order valence-electron chi connectivity index (χ3n) is 3.36. The molecule has 8 heteroatoms. The maximum absolute atomic E-state index is 14.3. The van der Waals surface area contributed by atoms with Gasteiger partial charge in [-0.2, -0.15) is 13.2 Å². The van der Waals surface area contributed by atoms with Crippen molar-refractivity contribution >= 4 is 11.9 Å². The van der Waals surface area contributed by atoms with E-state index in [9.17, 15) is 27.2 Å². The highest BCUT2D eigenvalue weighted by Gasteiger charge is 2.42. The Morgan fingerprint density at radius 2 is 1.91 bits per heavy atom. The standard InChI is InChI=1S/C14H17F4NO3/c1-7(2)10(12(21)22)19-11(20)9-6-8(14(16,17)18)4-5-13(9,3)15/h4,6-7,10H,5H2,1-3H3,(H,19,20)(H,21,22)/t10-,13?/m1/s1. The van der Waals surface area contributed by atoms with E-state index >= 15 is 0 Å². The summed E-state index contributed by atoms with van der Waals surface area (Å²) in [4.78, 5) is 23.1. The van der Waals surface area contributed by atoms with E-state index in [1.807, 2.05) is 0 Å². The van der Waals surface area contributed by atoms with Crippen LogP contribution in [0.5, 0.6) is 0 Å². The Bertz CT molecular complexity index is 533. The lowest BCUT2D eigenvalue weighted by molar-refractivity contribution is -0.142. The molecule has 0 radical (unpaired) electrons. The number of carboxylic acids is 1. The highest BCUT2D eigenvalue weighted by molar-refractivity contribution is 5.98. The number of rotatable bonds is 4. The smallest absolute Gasteiger partial charge is 0.416 e. The molecule has 1 aliphatic carbocycles. The fourth-order valence-corrected chi connectivity index (χ4v) is 2.01. The molecule has 0 fully saturated rings. The molecule has 0 aromatic heterocycles. The van der Waals surface area contributed by atoms with Gasteiger partial charge in [0, 0.05) is 6.42 Å². The molecule has 124 valence electrons. The molecule has 0 saturated heterocycles. The van der Waals surface area contributed by atoms with Crippen molar-refractivity contribution in [3.05, 3.63) is 23.3 Å². The Morgan fingerprint density at radius 3 is 2.32 bits per heavy atom. The van der Waals surface area contributed by atoms with Gasteiger partial charge in [-0.1, -0.05) is 19.9 Å². The van der Waals surface area contributed by atoms with Gasteiger partial charge in [-0.25, -0.2) is 9.18 Å². The summed E-state index contributed by atoms with van der Waals surface area (Å²) >= 11 is 0. The fraction of sp³-hybridized carbons (Fsp3) is 0.571. The molecule has 1 unspecified atom stereocenters. The Balaban J connectivity index is 3.10. The molecule has 1 aliphatic rings. The Labute approximate surface area is 124 Å². The molecular formula is C14H17F4NO3. The summed E-state index contributed by atoms with van der Waals surface area (Å²) in [5.74, 6) is -3.00. The minimum absolute atomic E-state index is 0.429. The van der Waals surface area contributed by atoms with Gasteiger partial charge in [0.15, 0.2) is 0 Å². The normalized spacial score (nSPS) is 23.6. The first-order valence-corrected chi connectivity index (χ1v) is 6.58. The molecule has 0 aliphatic heterocycles. The lowest BCUT2D eigenvalue weighted by Gasteiger charge is -2.28. The van der Waals surface area contributed by atoms with Crippen molar-refractivity contribution in [2.75, 3.05) is 0 Å². The average molecular weight is 323 g/mol. The molecule has 0 saturated carbocycles. The second kappa shape index (κ2) is 6.10. The van der Waals surface area contributed by atoms with Crippen LogP contribution in [0.2, 0.25) is 0 Å². The van der Waals surface area contributed by atoms with Crippen LogP contribution in [-0.4, -0.2) is 34.9 Å². The number of hydrogen-bond acceptors (Lipinski definition) is 2. The summed E-state index contributed by atoms with van der Waals surface area (Å²) in [7, 11) is 0.